The molecule has 0 bridgehead atoms. The molecule has 1 saturated heterocycles. The number of aryl methyl sites for hydroxylation is 1. The highest BCUT2D eigenvalue weighted by molar-refractivity contribution is 5.46. The average Bonchev–Trinajstić information content (AvgIpc) is 2.59. The molecular weight excluding hydrogens is 193 g/mol. The van der Waals surface area contributed by atoms with Crippen molar-refractivity contribution in [2.24, 2.45) is 0 Å². The number of halogens is 1. The van der Waals surface area contributed by atoms with Gasteiger partial charge in [0.2, 0.25) is 0 Å². The molecule has 2 rings (SSSR count). The van der Waals surface area contributed by atoms with Gasteiger partial charge in [-0.25, -0.2) is 4.39 Å². The number of ether oxygens (including phenoxy) is 1. The molecule has 2 atom stereocenters. The molecule has 3 heteroatoms. The first-order valence-corrected chi connectivity index (χ1v) is 5.31. The molecule has 1 aliphatic rings. The summed E-state index contributed by atoms with van der Waals surface area (Å²) in [5.74, 6) is -0.161. The molecule has 0 saturated carbocycles. The van der Waals surface area contributed by atoms with Crippen LogP contribution in [-0.2, 0) is 4.74 Å². The van der Waals surface area contributed by atoms with E-state index in [4.69, 9.17) is 4.74 Å². The molecule has 15 heavy (non-hydrogen) atoms. The molecule has 1 fully saturated rings. The van der Waals surface area contributed by atoms with Crippen LogP contribution < -0.4 is 5.32 Å². The van der Waals surface area contributed by atoms with Crippen LogP contribution in [0.2, 0.25) is 0 Å². The van der Waals surface area contributed by atoms with E-state index in [-0.39, 0.29) is 11.9 Å². The second kappa shape index (κ2) is 4.19. The van der Waals surface area contributed by atoms with Crippen LogP contribution in [0.5, 0.6) is 0 Å². The molecule has 2 nitrogen and oxygen atoms in total. The molecule has 1 aromatic rings. The highest BCUT2D eigenvalue weighted by Gasteiger charge is 2.23. The lowest BCUT2D eigenvalue weighted by Crippen LogP contribution is -2.26. The van der Waals surface area contributed by atoms with Gasteiger partial charge >= 0.3 is 0 Å². The molecule has 0 unspecified atom stereocenters. The minimum atomic E-state index is -0.161. The van der Waals surface area contributed by atoms with E-state index < -0.39 is 0 Å². The van der Waals surface area contributed by atoms with Crippen LogP contribution in [0.25, 0.3) is 0 Å². The number of hydrogen-bond acceptors (Lipinski definition) is 2. The van der Waals surface area contributed by atoms with Gasteiger partial charge in [-0.05, 0) is 38.0 Å². The van der Waals surface area contributed by atoms with E-state index >= 15 is 0 Å². The number of rotatable bonds is 2. The molecule has 0 radical (unpaired) electrons. The lowest BCUT2D eigenvalue weighted by atomic mass is 10.1. The summed E-state index contributed by atoms with van der Waals surface area (Å²) in [7, 11) is 0. The van der Waals surface area contributed by atoms with Crippen molar-refractivity contribution in [1.29, 1.82) is 0 Å². The standard InChI is InChI=1S/C12H16FNO/c1-8-3-4-10(7-11(8)13)14-12-5-6-15-9(12)2/h3-4,7,9,12,14H,5-6H2,1-2H3/t9-,12-/m1/s1. The summed E-state index contributed by atoms with van der Waals surface area (Å²) < 4.78 is 18.7. The zero-order chi connectivity index (χ0) is 10.8. The third-order valence-electron chi connectivity index (χ3n) is 2.90. The summed E-state index contributed by atoms with van der Waals surface area (Å²) in [6.45, 7) is 4.59. The number of nitrogens with one attached hydrogen (secondary N) is 1. The van der Waals surface area contributed by atoms with E-state index in [0.29, 0.717) is 11.6 Å². The largest absolute Gasteiger partial charge is 0.380 e. The van der Waals surface area contributed by atoms with Crippen molar-refractivity contribution in [3.63, 3.8) is 0 Å². The van der Waals surface area contributed by atoms with Crippen LogP contribution in [0.3, 0.4) is 0 Å². The van der Waals surface area contributed by atoms with Crippen molar-refractivity contribution >= 4 is 5.69 Å². The SMILES string of the molecule is Cc1ccc(N[C@@H]2CCO[C@@H]2C)cc1F. The Kier molecular flexibility index (Phi) is 2.91. The maximum Gasteiger partial charge on any atom is 0.128 e. The molecule has 1 N–H and O–H groups in total. The normalized spacial score (nSPS) is 25.5. The van der Waals surface area contributed by atoms with Gasteiger partial charge in [-0.2, -0.15) is 0 Å². The maximum absolute atomic E-state index is 13.3. The van der Waals surface area contributed by atoms with Gasteiger partial charge in [0.1, 0.15) is 5.82 Å². The van der Waals surface area contributed by atoms with Gasteiger partial charge in [0.05, 0.1) is 12.1 Å². The Morgan fingerprint density at radius 2 is 2.27 bits per heavy atom. The first-order chi connectivity index (χ1) is 7.16. The average molecular weight is 209 g/mol. The fourth-order valence-corrected chi connectivity index (χ4v) is 1.82. The summed E-state index contributed by atoms with van der Waals surface area (Å²) in [5, 5.41) is 3.29. The third kappa shape index (κ3) is 2.29. The molecule has 0 aromatic heterocycles. The summed E-state index contributed by atoms with van der Waals surface area (Å²) in [5.41, 5.74) is 1.51. The first kappa shape index (κ1) is 10.4. The van der Waals surface area contributed by atoms with Gasteiger partial charge in [-0.1, -0.05) is 6.07 Å². The smallest absolute Gasteiger partial charge is 0.128 e. The predicted octanol–water partition coefficient (Wildman–Crippen LogP) is 2.72. The minimum Gasteiger partial charge on any atom is -0.380 e. The zero-order valence-corrected chi connectivity index (χ0v) is 9.09. The minimum absolute atomic E-state index is 0.161. The van der Waals surface area contributed by atoms with Gasteiger partial charge in [-0.15, -0.1) is 0 Å². The monoisotopic (exact) mass is 209 g/mol. The number of benzene rings is 1. The van der Waals surface area contributed by atoms with Crippen LogP contribution in [0.4, 0.5) is 10.1 Å². The lowest BCUT2D eigenvalue weighted by molar-refractivity contribution is 0.121. The topological polar surface area (TPSA) is 21.3 Å². The maximum atomic E-state index is 13.3. The highest BCUT2D eigenvalue weighted by atomic mass is 19.1. The van der Waals surface area contributed by atoms with Crippen LogP contribution >= 0.6 is 0 Å². The first-order valence-electron chi connectivity index (χ1n) is 5.31. The second-order valence-electron chi connectivity index (χ2n) is 4.08. The highest BCUT2D eigenvalue weighted by Crippen LogP contribution is 2.20. The fourth-order valence-electron chi connectivity index (χ4n) is 1.82. The van der Waals surface area contributed by atoms with Crippen molar-refractivity contribution in [2.75, 3.05) is 11.9 Å². The van der Waals surface area contributed by atoms with E-state index in [2.05, 4.69) is 5.32 Å². The van der Waals surface area contributed by atoms with Crippen LogP contribution in [0.15, 0.2) is 18.2 Å². The molecule has 82 valence electrons. The molecule has 1 aliphatic heterocycles. The van der Waals surface area contributed by atoms with Gasteiger partial charge in [-0.3, -0.25) is 0 Å². The molecule has 0 aliphatic carbocycles. The van der Waals surface area contributed by atoms with Gasteiger partial charge in [0.15, 0.2) is 0 Å². The molecular formula is C12H16FNO. The molecule has 0 amide bonds. The van der Waals surface area contributed by atoms with Gasteiger partial charge < -0.3 is 10.1 Å². The van der Waals surface area contributed by atoms with Crippen LogP contribution in [0.1, 0.15) is 18.9 Å². The van der Waals surface area contributed by atoms with Gasteiger partial charge in [0.25, 0.3) is 0 Å². The summed E-state index contributed by atoms with van der Waals surface area (Å²) >= 11 is 0. The molecule has 1 aromatic carbocycles. The summed E-state index contributed by atoms with van der Waals surface area (Å²) in [6.07, 6.45) is 1.19. The number of anilines is 1. The summed E-state index contributed by atoms with van der Waals surface area (Å²) in [6, 6.07) is 5.54. The van der Waals surface area contributed by atoms with E-state index in [0.717, 1.165) is 18.7 Å². The zero-order valence-electron chi connectivity index (χ0n) is 9.09. The molecule has 0 spiro atoms. The van der Waals surface area contributed by atoms with Crippen LogP contribution in [-0.4, -0.2) is 18.8 Å². The Hall–Kier alpha value is -1.09. The second-order valence-corrected chi connectivity index (χ2v) is 4.08. The van der Waals surface area contributed by atoms with Gasteiger partial charge in [0, 0.05) is 12.3 Å². The van der Waals surface area contributed by atoms with E-state index in [1.165, 1.54) is 0 Å². The Morgan fingerprint density at radius 1 is 1.47 bits per heavy atom. The quantitative estimate of drug-likeness (QED) is 0.808. The van der Waals surface area contributed by atoms with Crippen molar-refractivity contribution in [3.05, 3.63) is 29.6 Å². The van der Waals surface area contributed by atoms with E-state index in [1.54, 1.807) is 19.1 Å². The van der Waals surface area contributed by atoms with Crippen molar-refractivity contribution in [2.45, 2.75) is 32.4 Å². The van der Waals surface area contributed by atoms with Crippen molar-refractivity contribution < 1.29 is 9.13 Å². The van der Waals surface area contributed by atoms with Crippen molar-refractivity contribution in [1.82, 2.24) is 0 Å². The lowest BCUT2D eigenvalue weighted by Gasteiger charge is -2.17. The Labute approximate surface area is 89.4 Å². The van der Waals surface area contributed by atoms with E-state index in [1.807, 2.05) is 13.0 Å². The fraction of sp³-hybridized carbons (Fsp3) is 0.500. The Balaban J connectivity index is 2.07. The summed E-state index contributed by atoms with van der Waals surface area (Å²) in [4.78, 5) is 0. The van der Waals surface area contributed by atoms with Crippen molar-refractivity contribution in [3.8, 4) is 0 Å². The Morgan fingerprint density at radius 3 is 2.87 bits per heavy atom. The Bertz CT molecular complexity index is 353. The number of hydrogen-bond donors (Lipinski definition) is 1. The predicted molar refractivity (Wildman–Crippen MR) is 58.6 cm³/mol. The van der Waals surface area contributed by atoms with Crippen LogP contribution in [0, 0.1) is 12.7 Å². The molecule has 1 heterocycles. The third-order valence-corrected chi connectivity index (χ3v) is 2.90. The van der Waals surface area contributed by atoms with E-state index in [9.17, 15) is 4.39 Å².